The van der Waals surface area contributed by atoms with Crippen LogP contribution in [0.1, 0.15) is 34.6 Å². The van der Waals surface area contributed by atoms with E-state index in [1.165, 1.54) is 0 Å². The van der Waals surface area contributed by atoms with Gasteiger partial charge in [0.2, 0.25) is 0 Å². The SMILES string of the molecule is Cc1nn(CC2CCNCC2)c(C)c1C(=O)O. The van der Waals surface area contributed by atoms with E-state index in [1.54, 1.807) is 6.92 Å². The number of nitrogens with zero attached hydrogens (tertiary/aromatic N) is 2. The molecule has 0 spiro atoms. The van der Waals surface area contributed by atoms with Crippen LogP contribution in [0, 0.1) is 19.8 Å². The van der Waals surface area contributed by atoms with E-state index in [4.69, 9.17) is 5.11 Å². The first-order valence-electron chi connectivity index (χ1n) is 6.07. The Balaban J connectivity index is 2.15. The van der Waals surface area contributed by atoms with E-state index in [1.807, 2.05) is 11.6 Å². The van der Waals surface area contributed by atoms with Gasteiger partial charge < -0.3 is 10.4 Å². The highest BCUT2D eigenvalue weighted by Gasteiger charge is 2.20. The molecule has 1 aromatic rings. The Morgan fingerprint density at radius 1 is 1.47 bits per heavy atom. The first-order valence-corrected chi connectivity index (χ1v) is 6.07. The molecule has 2 rings (SSSR count). The van der Waals surface area contributed by atoms with E-state index in [-0.39, 0.29) is 0 Å². The molecule has 0 atom stereocenters. The number of aromatic carboxylic acids is 1. The van der Waals surface area contributed by atoms with Gasteiger partial charge in [0.15, 0.2) is 0 Å². The smallest absolute Gasteiger partial charge is 0.339 e. The lowest BCUT2D eigenvalue weighted by Crippen LogP contribution is -2.30. The summed E-state index contributed by atoms with van der Waals surface area (Å²) >= 11 is 0. The predicted octanol–water partition coefficient (Wildman–Crippen LogP) is 1.20. The molecule has 2 heterocycles. The standard InChI is InChI=1S/C12H19N3O2/c1-8-11(12(16)17)9(2)15(14-8)7-10-3-5-13-6-4-10/h10,13H,3-7H2,1-2H3,(H,16,17). The molecule has 0 saturated carbocycles. The van der Waals surface area contributed by atoms with Crippen LogP contribution in [0.3, 0.4) is 0 Å². The number of aryl methyl sites for hydroxylation is 1. The summed E-state index contributed by atoms with van der Waals surface area (Å²) in [6.07, 6.45) is 2.28. The van der Waals surface area contributed by atoms with E-state index in [0.29, 0.717) is 17.2 Å². The molecule has 0 bridgehead atoms. The maximum Gasteiger partial charge on any atom is 0.339 e. The zero-order chi connectivity index (χ0) is 12.4. The van der Waals surface area contributed by atoms with Gasteiger partial charge in [0.05, 0.1) is 11.4 Å². The number of piperidine rings is 1. The van der Waals surface area contributed by atoms with Crippen molar-refractivity contribution < 1.29 is 9.90 Å². The molecule has 1 aromatic heterocycles. The van der Waals surface area contributed by atoms with Crippen molar-refractivity contribution in [2.75, 3.05) is 13.1 Å². The van der Waals surface area contributed by atoms with Crippen LogP contribution >= 0.6 is 0 Å². The molecule has 1 fully saturated rings. The fraction of sp³-hybridized carbons (Fsp3) is 0.667. The first kappa shape index (κ1) is 12.1. The number of nitrogens with one attached hydrogen (secondary N) is 1. The summed E-state index contributed by atoms with van der Waals surface area (Å²) in [5.74, 6) is -0.271. The third-order valence-electron chi connectivity index (χ3n) is 3.49. The highest BCUT2D eigenvalue weighted by molar-refractivity contribution is 5.90. The van der Waals surface area contributed by atoms with Crippen molar-refractivity contribution in [2.24, 2.45) is 5.92 Å². The fourth-order valence-electron chi connectivity index (χ4n) is 2.49. The molecule has 5 heteroatoms. The van der Waals surface area contributed by atoms with Crippen LogP contribution in [0.4, 0.5) is 0 Å². The number of hydrogen-bond donors (Lipinski definition) is 2. The lowest BCUT2D eigenvalue weighted by atomic mass is 9.98. The molecule has 0 unspecified atom stereocenters. The summed E-state index contributed by atoms with van der Waals surface area (Å²) < 4.78 is 1.86. The van der Waals surface area contributed by atoms with Gasteiger partial charge in [-0.05, 0) is 45.7 Å². The van der Waals surface area contributed by atoms with Gasteiger partial charge in [-0.1, -0.05) is 0 Å². The van der Waals surface area contributed by atoms with Gasteiger partial charge in [0, 0.05) is 6.54 Å². The Morgan fingerprint density at radius 3 is 2.65 bits per heavy atom. The Kier molecular flexibility index (Phi) is 3.47. The van der Waals surface area contributed by atoms with Gasteiger partial charge in [-0.15, -0.1) is 0 Å². The fourth-order valence-corrected chi connectivity index (χ4v) is 2.49. The van der Waals surface area contributed by atoms with Gasteiger partial charge in [0.1, 0.15) is 5.56 Å². The summed E-state index contributed by atoms with van der Waals surface area (Å²) in [6.45, 7) is 6.53. The lowest BCUT2D eigenvalue weighted by Gasteiger charge is -2.22. The van der Waals surface area contributed by atoms with Crippen molar-refractivity contribution in [1.29, 1.82) is 0 Å². The van der Waals surface area contributed by atoms with Crippen molar-refractivity contribution in [3.63, 3.8) is 0 Å². The third kappa shape index (κ3) is 2.49. The average molecular weight is 237 g/mol. The Bertz CT molecular complexity index is 420. The Labute approximate surface area is 101 Å². The Morgan fingerprint density at radius 2 is 2.12 bits per heavy atom. The summed E-state index contributed by atoms with van der Waals surface area (Å²) in [4.78, 5) is 11.1. The highest BCUT2D eigenvalue weighted by atomic mass is 16.4. The topological polar surface area (TPSA) is 67.2 Å². The van der Waals surface area contributed by atoms with E-state index in [2.05, 4.69) is 10.4 Å². The number of carboxylic acid groups (broad SMARTS) is 1. The molecule has 1 aliphatic rings. The van der Waals surface area contributed by atoms with E-state index in [0.717, 1.165) is 38.2 Å². The van der Waals surface area contributed by atoms with Gasteiger partial charge in [-0.3, -0.25) is 4.68 Å². The maximum absolute atomic E-state index is 11.1. The number of aromatic nitrogens is 2. The zero-order valence-corrected chi connectivity index (χ0v) is 10.4. The van der Waals surface area contributed by atoms with E-state index < -0.39 is 5.97 Å². The van der Waals surface area contributed by atoms with Crippen LogP contribution < -0.4 is 5.32 Å². The second kappa shape index (κ2) is 4.87. The van der Waals surface area contributed by atoms with Gasteiger partial charge in [-0.2, -0.15) is 5.10 Å². The molecule has 0 aliphatic carbocycles. The third-order valence-corrected chi connectivity index (χ3v) is 3.49. The molecule has 0 radical (unpaired) electrons. The van der Waals surface area contributed by atoms with Gasteiger partial charge in [-0.25, -0.2) is 4.79 Å². The highest BCUT2D eigenvalue weighted by Crippen LogP contribution is 2.18. The molecule has 2 N–H and O–H groups in total. The van der Waals surface area contributed by atoms with Crippen LogP contribution in [-0.4, -0.2) is 33.9 Å². The molecular weight excluding hydrogens is 218 g/mol. The van der Waals surface area contributed by atoms with Gasteiger partial charge in [0.25, 0.3) is 0 Å². The lowest BCUT2D eigenvalue weighted by molar-refractivity contribution is 0.0695. The molecule has 17 heavy (non-hydrogen) atoms. The van der Waals surface area contributed by atoms with Crippen LogP contribution in [0.2, 0.25) is 0 Å². The summed E-state index contributed by atoms with van der Waals surface area (Å²) in [6, 6.07) is 0. The molecule has 1 saturated heterocycles. The minimum atomic E-state index is -0.878. The largest absolute Gasteiger partial charge is 0.478 e. The van der Waals surface area contributed by atoms with E-state index >= 15 is 0 Å². The van der Waals surface area contributed by atoms with Crippen molar-refractivity contribution in [1.82, 2.24) is 15.1 Å². The number of carbonyl (C=O) groups is 1. The zero-order valence-electron chi connectivity index (χ0n) is 10.4. The molecule has 0 amide bonds. The quantitative estimate of drug-likeness (QED) is 0.829. The number of rotatable bonds is 3. The molecule has 94 valence electrons. The van der Waals surface area contributed by atoms with Crippen molar-refractivity contribution >= 4 is 5.97 Å². The number of carboxylic acids is 1. The van der Waals surface area contributed by atoms with E-state index in [9.17, 15) is 4.79 Å². The first-order chi connectivity index (χ1) is 8.09. The maximum atomic E-state index is 11.1. The second-order valence-corrected chi connectivity index (χ2v) is 4.73. The van der Waals surface area contributed by atoms with Crippen molar-refractivity contribution in [3.8, 4) is 0 Å². The van der Waals surface area contributed by atoms with Gasteiger partial charge >= 0.3 is 5.97 Å². The monoisotopic (exact) mass is 237 g/mol. The van der Waals surface area contributed by atoms with Crippen molar-refractivity contribution in [2.45, 2.75) is 33.2 Å². The van der Waals surface area contributed by atoms with Crippen LogP contribution in [-0.2, 0) is 6.54 Å². The predicted molar refractivity (Wildman–Crippen MR) is 64.3 cm³/mol. The minimum absolute atomic E-state index is 0.360. The van der Waals surface area contributed by atoms with Crippen LogP contribution in [0.25, 0.3) is 0 Å². The molecule has 5 nitrogen and oxygen atoms in total. The molecule has 0 aromatic carbocycles. The normalized spacial score (nSPS) is 17.3. The van der Waals surface area contributed by atoms with Crippen LogP contribution in [0.15, 0.2) is 0 Å². The second-order valence-electron chi connectivity index (χ2n) is 4.73. The molecular formula is C12H19N3O2. The summed E-state index contributed by atoms with van der Waals surface area (Å²) in [7, 11) is 0. The Hall–Kier alpha value is -1.36. The van der Waals surface area contributed by atoms with Crippen molar-refractivity contribution in [3.05, 3.63) is 17.0 Å². The summed E-state index contributed by atoms with van der Waals surface area (Å²) in [5.41, 5.74) is 1.75. The number of hydrogen-bond acceptors (Lipinski definition) is 3. The van der Waals surface area contributed by atoms with Crippen LogP contribution in [0.5, 0.6) is 0 Å². The molecule has 1 aliphatic heterocycles. The average Bonchev–Trinajstić information content (AvgIpc) is 2.55. The summed E-state index contributed by atoms with van der Waals surface area (Å²) in [5, 5.41) is 16.8. The minimum Gasteiger partial charge on any atom is -0.478 e.